The molecule has 3 unspecified atom stereocenters. The van der Waals surface area contributed by atoms with E-state index in [1.807, 2.05) is 61.6 Å². The molecular weight excluding hydrogens is 428 g/mol. The molecular formula is C22H27ClN8O. The fraction of sp³-hybridized carbons (Fsp3) is 0.273. The number of rotatable bonds is 8. The van der Waals surface area contributed by atoms with E-state index in [1.165, 1.54) is 0 Å². The minimum Gasteiger partial charge on any atom is -0.357 e. The number of amides is 1. The molecule has 3 atom stereocenters. The standard InChI is InChI=1S/C22H27ClN8O/c1-24-20-29-21(26-13-14-4-2-6-16(10-14)27-19(32)12-23)31-22(30-20)28-17-8-7-15-5-3-9-25-18(15)11-17/h2-11,20-22,24,26,28-31H,12-13H2,1H3,(H,27,32). The first-order valence-corrected chi connectivity index (χ1v) is 10.9. The maximum Gasteiger partial charge on any atom is 0.239 e. The average Bonchev–Trinajstić information content (AvgIpc) is 2.82. The highest BCUT2D eigenvalue weighted by atomic mass is 35.5. The van der Waals surface area contributed by atoms with Gasteiger partial charge in [-0.1, -0.05) is 24.3 Å². The fourth-order valence-electron chi connectivity index (χ4n) is 3.51. The summed E-state index contributed by atoms with van der Waals surface area (Å²) in [6.07, 6.45) is 1.31. The monoisotopic (exact) mass is 454 g/mol. The number of anilines is 2. The second-order valence-electron chi connectivity index (χ2n) is 7.41. The Labute approximate surface area is 191 Å². The molecule has 9 nitrogen and oxygen atoms in total. The summed E-state index contributed by atoms with van der Waals surface area (Å²) in [7, 11) is 1.88. The highest BCUT2D eigenvalue weighted by Gasteiger charge is 2.25. The average molecular weight is 455 g/mol. The Morgan fingerprint density at radius 2 is 1.84 bits per heavy atom. The lowest BCUT2D eigenvalue weighted by atomic mass is 10.2. The molecule has 0 spiro atoms. The van der Waals surface area contributed by atoms with Gasteiger partial charge in [0.1, 0.15) is 24.7 Å². The fourth-order valence-corrected chi connectivity index (χ4v) is 3.58. The summed E-state index contributed by atoms with van der Waals surface area (Å²) in [5.74, 6) is -0.300. The van der Waals surface area contributed by atoms with E-state index in [4.69, 9.17) is 11.6 Å². The first-order valence-electron chi connectivity index (χ1n) is 10.4. The molecule has 10 heteroatoms. The Balaban J connectivity index is 1.37. The Kier molecular flexibility index (Phi) is 7.48. The molecule has 4 rings (SSSR count). The minimum atomic E-state index is -0.229. The van der Waals surface area contributed by atoms with E-state index < -0.39 is 0 Å². The number of hydrogen-bond donors (Lipinski definition) is 7. The van der Waals surface area contributed by atoms with Crippen molar-refractivity contribution in [2.24, 2.45) is 0 Å². The number of pyridine rings is 1. The molecule has 1 amide bonds. The van der Waals surface area contributed by atoms with Crippen molar-refractivity contribution >= 4 is 39.8 Å². The molecule has 3 aromatic rings. The van der Waals surface area contributed by atoms with Crippen LogP contribution in [0.25, 0.3) is 10.9 Å². The van der Waals surface area contributed by atoms with Crippen LogP contribution in [0, 0.1) is 0 Å². The first kappa shape index (κ1) is 22.4. The van der Waals surface area contributed by atoms with Crippen LogP contribution in [0.2, 0.25) is 0 Å². The SMILES string of the molecule is CNC1NC(NCc2cccc(NC(=O)CCl)c2)NC(Nc2ccc3cccnc3c2)N1. The van der Waals surface area contributed by atoms with Crippen molar-refractivity contribution in [3.05, 3.63) is 66.4 Å². The van der Waals surface area contributed by atoms with Gasteiger partial charge in [0.2, 0.25) is 5.91 Å². The molecule has 1 fully saturated rings. The van der Waals surface area contributed by atoms with E-state index in [2.05, 4.69) is 42.2 Å². The Morgan fingerprint density at radius 3 is 2.69 bits per heavy atom. The number of fused-ring (bicyclic) bond motifs is 1. The van der Waals surface area contributed by atoms with Gasteiger partial charge in [-0.3, -0.25) is 36.4 Å². The molecule has 1 saturated heterocycles. The van der Waals surface area contributed by atoms with Gasteiger partial charge in [-0.2, -0.15) is 0 Å². The van der Waals surface area contributed by atoms with Crippen LogP contribution in [0.4, 0.5) is 11.4 Å². The maximum absolute atomic E-state index is 11.5. The number of halogens is 1. The second kappa shape index (κ2) is 10.7. The zero-order chi connectivity index (χ0) is 22.3. The molecule has 7 N–H and O–H groups in total. The van der Waals surface area contributed by atoms with Crippen molar-refractivity contribution in [1.82, 2.24) is 31.6 Å². The van der Waals surface area contributed by atoms with Crippen LogP contribution in [0.3, 0.4) is 0 Å². The molecule has 32 heavy (non-hydrogen) atoms. The summed E-state index contributed by atoms with van der Waals surface area (Å²) in [5, 5.41) is 24.2. The number of nitrogens with zero attached hydrogens (tertiary/aromatic N) is 1. The molecule has 1 aliphatic heterocycles. The smallest absolute Gasteiger partial charge is 0.239 e. The van der Waals surface area contributed by atoms with Crippen molar-refractivity contribution in [3.63, 3.8) is 0 Å². The summed E-state index contributed by atoms with van der Waals surface area (Å²) in [5.41, 5.74) is 3.65. The van der Waals surface area contributed by atoms with E-state index in [1.54, 1.807) is 6.20 Å². The van der Waals surface area contributed by atoms with Crippen LogP contribution in [0.5, 0.6) is 0 Å². The predicted octanol–water partition coefficient (Wildman–Crippen LogP) is 1.47. The van der Waals surface area contributed by atoms with E-state index in [-0.39, 0.29) is 30.7 Å². The Morgan fingerprint density at radius 1 is 1.00 bits per heavy atom. The maximum atomic E-state index is 11.5. The summed E-state index contributed by atoms with van der Waals surface area (Å²) in [6.45, 7) is 0.596. The third-order valence-electron chi connectivity index (χ3n) is 5.05. The minimum absolute atomic E-state index is 0.0710. The zero-order valence-electron chi connectivity index (χ0n) is 17.7. The van der Waals surface area contributed by atoms with E-state index >= 15 is 0 Å². The molecule has 2 heterocycles. The summed E-state index contributed by atoms with van der Waals surface area (Å²) in [6, 6.07) is 17.7. The highest BCUT2D eigenvalue weighted by Crippen LogP contribution is 2.17. The summed E-state index contributed by atoms with van der Waals surface area (Å²) in [4.78, 5) is 15.9. The number of benzene rings is 2. The molecule has 1 aliphatic rings. The lowest BCUT2D eigenvalue weighted by Crippen LogP contribution is -2.75. The third kappa shape index (κ3) is 5.92. The van der Waals surface area contributed by atoms with Crippen molar-refractivity contribution in [2.75, 3.05) is 23.6 Å². The van der Waals surface area contributed by atoms with Gasteiger partial charge in [-0.25, -0.2) is 0 Å². The lowest BCUT2D eigenvalue weighted by molar-refractivity contribution is -0.113. The van der Waals surface area contributed by atoms with Gasteiger partial charge in [-0.05, 0) is 42.9 Å². The number of carbonyl (C=O) groups excluding carboxylic acids is 1. The number of carbonyl (C=O) groups is 1. The van der Waals surface area contributed by atoms with Gasteiger partial charge < -0.3 is 10.6 Å². The quantitative estimate of drug-likeness (QED) is 0.256. The molecule has 0 aliphatic carbocycles. The molecule has 2 aromatic carbocycles. The third-order valence-corrected chi connectivity index (χ3v) is 5.29. The number of hydrogen-bond acceptors (Lipinski definition) is 8. The van der Waals surface area contributed by atoms with Crippen LogP contribution >= 0.6 is 11.6 Å². The normalized spacial score (nSPS) is 20.8. The van der Waals surface area contributed by atoms with E-state index in [9.17, 15) is 4.79 Å². The summed E-state index contributed by atoms with van der Waals surface area (Å²) < 4.78 is 0. The highest BCUT2D eigenvalue weighted by molar-refractivity contribution is 6.29. The van der Waals surface area contributed by atoms with Crippen LogP contribution in [-0.2, 0) is 11.3 Å². The van der Waals surface area contributed by atoms with Crippen molar-refractivity contribution < 1.29 is 4.79 Å². The first-order chi connectivity index (χ1) is 15.6. The van der Waals surface area contributed by atoms with E-state index in [0.29, 0.717) is 6.54 Å². The van der Waals surface area contributed by atoms with Crippen LogP contribution in [0.15, 0.2) is 60.8 Å². The predicted molar refractivity (Wildman–Crippen MR) is 128 cm³/mol. The van der Waals surface area contributed by atoms with Crippen molar-refractivity contribution in [2.45, 2.75) is 25.4 Å². The van der Waals surface area contributed by atoms with Gasteiger partial charge in [0.05, 0.1) is 5.52 Å². The Bertz CT molecular complexity index is 1060. The van der Waals surface area contributed by atoms with Gasteiger partial charge in [-0.15, -0.1) is 11.6 Å². The Hall–Kier alpha value is -2.79. The van der Waals surface area contributed by atoms with Crippen LogP contribution < -0.4 is 37.2 Å². The second-order valence-corrected chi connectivity index (χ2v) is 7.67. The largest absolute Gasteiger partial charge is 0.357 e. The summed E-state index contributed by atoms with van der Waals surface area (Å²) >= 11 is 5.57. The lowest BCUT2D eigenvalue weighted by Gasteiger charge is -2.39. The van der Waals surface area contributed by atoms with Crippen molar-refractivity contribution in [3.8, 4) is 0 Å². The molecule has 0 radical (unpaired) electrons. The molecule has 0 bridgehead atoms. The van der Waals surface area contributed by atoms with E-state index in [0.717, 1.165) is 27.8 Å². The zero-order valence-corrected chi connectivity index (χ0v) is 18.4. The number of aromatic nitrogens is 1. The van der Waals surface area contributed by atoms with Gasteiger partial charge in [0.25, 0.3) is 0 Å². The number of alkyl halides is 1. The number of nitrogens with one attached hydrogen (secondary N) is 7. The topological polar surface area (TPSA) is 114 Å². The van der Waals surface area contributed by atoms with Gasteiger partial charge in [0.15, 0.2) is 0 Å². The molecule has 168 valence electrons. The van der Waals surface area contributed by atoms with Gasteiger partial charge in [0, 0.05) is 29.5 Å². The van der Waals surface area contributed by atoms with Gasteiger partial charge >= 0.3 is 0 Å². The van der Waals surface area contributed by atoms with Crippen LogP contribution in [0.1, 0.15) is 5.56 Å². The van der Waals surface area contributed by atoms with Crippen LogP contribution in [-0.4, -0.2) is 42.7 Å². The van der Waals surface area contributed by atoms with Crippen molar-refractivity contribution in [1.29, 1.82) is 0 Å². The molecule has 0 saturated carbocycles. The molecule has 1 aromatic heterocycles.